The van der Waals surface area contributed by atoms with Crippen LogP contribution in [-0.4, -0.2) is 40.8 Å². The lowest BCUT2D eigenvalue weighted by Crippen LogP contribution is -2.47. The highest BCUT2D eigenvalue weighted by molar-refractivity contribution is 7.92. The molecule has 0 heterocycles. The first-order valence-corrected chi connectivity index (χ1v) is 10.6. The van der Waals surface area contributed by atoms with Gasteiger partial charge in [-0.25, -0.2) is 8.42 Å². The average Bonchev–Trinajstić information content (AvgIpc) is 2.64. The molecule has 1 amide bonds. The summed E-state index contributed by atoms with van der Waals surface area (Å²) in [5.74, 6) is 0.536. The van der Waals surface area contributed by atoms with Crippen molar-refractivity contribution in [3.8, 4) is 11.5 Å². The Hall–Kier alpha value is -2.74. The summed E-state index contributed by atoms with van der Waals surface area (Å²) < 4.78 is 36.7. The normalized spacial score (nSPS) is 12.2. The summed E-state index contributed by atoms with van der Waals surface area (Å²) in [6.07, 6.45) is 1.39. The van der Waals surface area contributed by atoms with Crippen LogP contribution in [0.1, 0.15) is 18.9 Å². The smallest absolute Gasteiger partial charge is 0.248 e. The number of amides is 1. The summed E-state index contributed by atoms with van der Waals surface area (Å²) in [5, 5.41) is 2.77. The van der Waals surface area contributed by atoms with Crippen molar-refractivity contribution in [2.45, 2.75) is 26.3 Å². The number of anilines is 2. The quantitative estimate of drug-likeness (QED) is 0.728. The van der Waals surface area contributed by atoms with E-state index >= 15 is 0 Å². The molecule has 152 valence electrons. The first-order chi connectivity index (χ1) is 13.2. The van der Waals surface area contributed by atoms with Crippen molar-refractivity contribution in [3.05, 3.63) is 48.0 Å². The molecular weight excluding hydrogens is 380 g/mol. The molecule has 2 aromatic carbocycles. The van der Waals surface area contributed by atoms with Gasteiger partial charge >= 0.3 is 0 Å². The van der Waals surface area contributed by atoms with E-state index in [1.54, 1.807) is 43.3 Å². The van der Waals surface area contributed by atoms with Gasteiger partial charge in [-0.2, -0.15) is 0 Å². The molecule has 28 heavy (non-hydrogen) atoms. The number of nitrogens with one attached hydrogen (secondary N) is 1. The van der Waals surface area contributed by atoms with Crippen molar-refractivity contribution in [1.82, 2.24) is 0 Å². The molecule has 0 bridgehead atoms. The molecule has 1 N–H and O–H groups in total. The molecule has 0 aromatic heterocycles. The van der Waals surface area contributed by atoms with Crippen LogP contribution in [0.15, 0.2) is 42.5 Å². The van der Waals surface area contributed by atoms with E-state index in [1.807, 2.05) is 13.0 Å². The van der Waals surface area contributed by atoms with E-state index < -0.39 is 22.0 Å². The third-order valence-electron chi connectivity index (χ3n) is 4.25. The fraction of sp³-hybridized carbons (Fsp3) is 0.350. The van der Waals surface area contributed by atoms with Gasteiger partial charge in [0.1, 0.15) is 17.5 Å². The first-order valence-electron chi connectivity index (χ1n) is 8.80. The van der Waals surface area contributed by atoms with Crippen molar-refractivity contribution in [2.24, 2.45) is 0 Å². The number of methoxy groups -OCH3 is 2. The Labute approximate surface area is 166 Å². The Morgan fingerprint density at radius 1 is 1.14 bits per heavy atom. The summed E-state index contributed by atoms with van der Waals surface area (Å²) >= 11 is 0. The van der Waals surface area contributed by atoms with E-state index in [2.05, 4.69) is 5.32 Å². The summed E-state index contributed by atoms with van der Waals surface area (Å²) in [7, 11) is -0.686. The number of nitrogens with zero attached hydrogens (tertiary/aromatic N) is 1. The maximum atomic E-state index is 13.0. The van der Waals surface area contributed by atoms with Gasteiger partial charge in [0.05, 0.1) is 31.9 Å². The lowest BCUT2D eigenvalue weighted by molar-refractivity contribution is -0.117. The van der Waals surface area contributed by atoms with Crippen LogP contribution in [0.3, 0.4) is 0 Å². The number of aryl methyl sites for hydroxylation is 1. The second-order valence-electron chi connectivity index (χ2n) is 6.38. The molecule has 0 saturated carbocycles. The third-order valence-corrected chi connectivity index (χ3v) is 5.43. The van der Waals surface area contributed by atoms with Gasteiger partial charge in [0, 0.05) is 6.07 Å². The topological polar surface area (TPSA) is 84.9 Å². The molecular formula is C20H26N2O5S. The number of benzene rings is 2. The van der Waals surface area contributed by atoms with Gasteiger partial charge in [0.15, 0.2) is 0 Å². The standard InChI is InChI=1S/C20H26N2O5S/c1-6-18(22(28(5,24)25)15-9-7-8-14(2)12-15)20(23)21-17-13-16(26-3)10-11-19(17)27-4/h7-13,18H,6H2,1-5H3,(H,21,23). The molecule has 0 radical (unpaired) electrons. The molecule has 1 atom stereocenters. The second-order valence-corrected chi connectivity index (χ2v) is 8.24. The van der Waals surface area contributed by atoms with Crippen LogP contribution in [-0.2, 0) is 14.8 Å². The molecule has 0 aliphatic rings. The van der Waals surface area contributed by atoms with Gasteiger partial charge in [-0.15, -0.1) is 0 Å². The number of hydrogen-bond donors (Lipinski definition) is 1. The monoisotopic (exact) mass is 406 g/mol. The van der Waals surface area contributed by atoms with Gasteiger partial charge < -0.3 is 14.8 Å². The average molecular weight is 407 g/mol. The lowest BCUT2D eigenvalue weighted by atomic mass is 10.1. The van der Waals surface area contributed by atoms with Crippen LogP contribution in [0.4, 0.5) is 11.4 Å². The molecule has 1 unspecified atom stereocenters. The Morgan fingerprint density at radius 3 is 2.39 bits per heavy atom. The highest BCUT2D eigenvalue weighted by Crippen LogP contribution is 2.30. The largest absolute Gasteiger partial charge is 0.497 e. The van der Waals surface area contributed by atoms with Crippen LogP contribution >= 0.6 is 0 Å². The van der Waals surface area contributed by atoms with E-state index in [9.17, 15) is 13.2 Å². The number of rotatable bonds is 8. The molecule has 0 aliphatic carbocycles. The maximum Gasteiger partial charge on any atom is 0.248 e. The third kappa shape index (κ3) is 4.95. The molecule has 7 nitrogen and oxygen atoms in total. The van der Waals surface area contributed by atoms with Crippen molar-refractivity contribution in [1.29, 1.82) is 0 Å². The van der Waals surface area contributed by atoms with E-state index in [-0.39, 0.29) is 0 Å². The predicted molar refractivity (Wildman–Crippen MR) is 111 cm³/mol. The van der Waals surface area contributed by atoms with Crippen LogP contribution in [0.5, 0.6) is 11.5 Å². The second kappa shape index (κ2) is 8.97. The zero-order chi connectivity index (χ0) is 20.9. The SMILES string of the molecule is CCC(C(=O)Nc1cc(OC)ccc1OC)N(c1cccc(C)c1)S(C)(=O)=O. The van der Waals surface area contributed by atoms with Crippen LogP contribution in [0, 0.1) is 6.92 Å². The Morgan fingerprint density at radius 2 is 1.86 bits per heavy atom. The number of carbonyl (C=O) groups is 1. The highest BCUT2D eigenvalue weighted by atomic mass is 32.2. The molecule has 0 spiro atoms. The Balaban J connectivity index is 2.43. The summed E-state index contributed by atoms with van der Waals surface area (Å²) in [6, 6.07) is 11.1. The van der Waals surface area contributed by atoms with E-state index in [0.717, 1.165) is 16.1 Å². The number of ether oxygens (including phenoxy) is 2. The summed E-state index contributed by atoms with van der Waals surface area (Å²) in [4.78, 5) is 13.0. The zero-order valence-electron chi connectivity index (χ0n) is 16.7. The van der Waals surface area contributed by atoms with Gasteiger partial charge in [-0.05, 0) is 43.2 Å². The lowest BCUT2D eigenvalue weighted by Gasteiger charge is -2.30. The van der Waals surface area contributed by atoms with Crippen molar-refractivity contribution in [2.75, 3.05) is 30.1 Å². The van der Waals surface area contributed by atoms with Gasteiger partial charge in [0.25, 0.3) is 0 Å². The zero-order valence-corrected chi connectivity index (χ0v) is 17.5. The first kappa shape index (κ1) is 21.6. The van der Waals surface area contributed by atoms with Gasteiger partial charge in [-0.3, -0.25) is 9.10 Å². The fourth-order valence-electron chi connectivity index (χ4n) is 2.95. The Bertz CT molecular complexity index is 943. The minimum Gasteiger partial charge on any atom is -0.497 e. The van der Waals surface area contributed by atoms with Crippen LogP contribution in [0.25, 0.3) is 0 Å². The predicted octanol–water partition coefficient (Wildman–Crippen LogP) is 3.20. The molecule has 8 heteroatoms. The van der Waals surface area contributed by atoms with Gasteiger partial charge in [-0.1, -0.05) is 19.1 Å². The minimum absolute atomic E-state index is 0.291. The van der Waals surface area contributed by atoms with Crippen molar-refractivity contribution >= 4 is 27.3 Å². The van der Waals surface area contributed by atoms with Gasteiger partial charge in [0.2, 0.25) is 15.9 Å². The van der Waals surface area contributed by atoms with E-state index in [4.69, 9.17) is 9.47 Å². The number of carbonyl (C=O) groups excluding carboxylic acids is 1. The van der Waals surface area contributed by atoms with Crippen LogP contribution in [0.2, 0.25) is 0 Å². The molecule has 0 aliphatic heterocycles. The molecule has 0 fully saturated rings. The van der Waals surface area contributed by atoms with Crippen molar-refractivity contribution in [3.63, 3.8) is 0 Å². The molecule has 0 saturated heterocycles. The number of hydrogen-bond acceptors (Lipinski definition) is 5. The minimum atomic E-state index is -3.70. The van der Waals surface area contributed by atoms with E-state index in [1.165, 1.54) is 14.2 Å². The summed E-state index contributed by atoms with van der Waals surface area (Å²) in [5.41, 5.74) is 1.75. The summed E-state index contributed by atoms with van der Waals surface area (Å²) in [6.45, 7) is 3.63. The Kier molecular flexibility index (Phi) is 6.90. The molecule has 2 rings (SSSR count). The maximum absolute atomic E-state index is 13.0. The highest BCUT2D eigenvalue weighted by Gasteiger charge is 2.32. The van der Waals surface area contributed by atoms with Crippen molar-refractivity contribution < 1.29 is 22.7 Å². The van der Waals surface area contributed by atoms with Crippen LogP contribution < -0.4 is 19.1 Å². The molecule has 2 aromatic rings. The number of sulfonamides is 1. The van der Waals surface area contributed by atoms with E-state index in [0.29, 0.717) is 29.3 Å². The fourth-order valence-corrected chi connectivity index (χ4v) is 4.16.